The van der Waals surface area contributed by atoms with E-state index in [1.165, 1.54) is 0 Å². The van der Waals surface area contributed by atoms with E-state index in [9.17, 15) is 0 Å². The molecule has 110 valence electrons. The van der Waals surface area contributed by atoms with Crippen LogP contribution in [0.2, 0.25) is 10.0 Å². The molecule has 0 aliphatic rings. The minimum absolute atomic E-state index is 0.569. The van der Waals surface area contributed by atoms with Crippen LogP contribution in [0.4, 0.5) is 5.69 Å². The van der Waals surface area contributed by atoms with Gasteiger partial charge in [0.25, 0.3) is 0 Å². The standard InChI is InChI=1S/C16H16Cl2N2O/c1-3-21-16-7-5-12(8-15(16)18)10-19-20-13-6-4-11(2)14(17)9-13/h4-10,20H,3H2,1-2H3/b19-10+. The molecule has 0 radical (unpaired) electrons. The fourth-order valence-corrected chi connectivity index (χ4v) is 2.14. The van der Waals surface area contributed by atoms with Gasteiger partial charge < -0.3 is 4.74 Å². The van der Waals surface area contributed by atoms with Gasteiger partial charge in [-0.05, 0) is 55.3 Å². The Morgan fingerprint density at radius 3 is 2.62 bits per heavy atom. The van der Waals surface area contributed by atoms with Crippen molar-refractivity contribution in [1.29, 1.82) is 0 Å². The molecule has 0 fully saturated rings. The summed E-state index contributed by atoms with van der Waals surface area (Å²) in [6.45, 7) is 4.46. The zero-order chi connectivity index (χ0) is 15.2. The van der Waals surface area contributed by atoms with E-state index in [2.05, 4.69) is 10.5 Å². The molecule has 0 atom stereocenters. The van der Waals surface area contributed by atoms with Gasteiger partial charge in [0.15, 0.2) is 0 Å². The van der Waals surface area contributed by atoms with Gasteiger partial charge >= 0.3 is 0 Å². The maximum atomic E-state index is 6.12. The number of hydrazone groups is 1. The fourth-order valence-electron chi connectivity index (χ4n) is 1.71. The molecule has 0 saturated carbocycles. The van der Waals surface area contributed by atoms with Crippen LogP contribution in [0.1, 0.15) is 18.1 Å². The molecular weight excluding hydrogens is 307 g/mol. The molecule has 0 spiro atoms. The second-order valence-electron chi connectivity index (χ2n) is 4.46. The lowest BCUT2D eigenvalue weighted by atomic mass is 10.2. The maximum Gasteiger partial charge on any atom is 0.137 e. The van der Waals surface area contributed by atoms with Gasteiger partial charge in [-0.25, -0.2) is 0 Å². The molecule has 3 nitrogen and oxygen atoms in total. The van der Waals surface area contributed by atoms with Gasteiger partial charge in [-0.15, -0.1) is 0 Å². The molecule has 0 heterocycles. The Labute approximate surface area is 134 Å². The van der Waals surface area contributed by atoms with Gasteiger partial charge in [0, 0.05) is 5.02 Å². The van der Waals surface area contributed by atoms with Crippen LogP contribution in [0.3, 0.4) is 0 Å². The minimum Gasteiger partial charge on any atom is -0.492 e. The molecular formula is C16H16Cl2N2O. The van der Waals surface area contributed by atoms with E-state index in [1.54, 1.807) is 12.3 Å². The molecule has 0 aliphatic carbocycles. The SMILES string of the molecule is CCOc1ccc(/C=N/Nc2ccc(C)c(Cl)c2)cc1Cl. The second-order valence-corrected chi connectivity index (χ2v) is 5.27. The summed E-state index contributed by atoms with van der Waals surface area (Å²) in [6, 6.07) is 11.2. The number of hydrogen-bond acceptors (Lipinski definition) is 3. The number of halogens is 2. The van der Waals surface area contributed by atoms with Crippen LogP contribution in [0, 0.1) is 6.92 Å². The Balaban J connectivity index is 2.04. The van der Waals surface area contributed by atoms with Gasteiger partial charge in [0.05, 0.1) is 23.5 Å². The number of nitrogens with one attached hydrogen (secondary N) is 1. The highest BCUT2D eigenvalue weighted by Gasteiger charge is 2.01. The molecule has 0 amide bonds. The zero-order valence-corrected chi connectivity index (χ0v) is 13.4. The predicted octanol–water partition coefficient (Wildman–Crippen LogP) is 5.15. The van der Waals surface area contributed by atoms with Crippen molar-refractivity contribution >= 4 is 35.1 Å². The highest BCUT2D eigenvalue weighted by atomic mass is 35.5. The van der Waals surface area contributed by atoms with Crippen molar-refractivity contribution in [3.05, 3.63) is 57.6 Å². The van der Waals surface area contributed by atoms with Crippen molar-refractivity contribution in [3.8, 4) is 5.75 Å². The van der Waals surface area contributed by atoms with Crippen molar-refractivity contribution in [2.75, 3.05) is 12.0 Å². The van der Waals surface area contributed by atoms with E-state index >= 15 is 0 Å². The van der Waals surface area contributed by atoms with Gasteiger partial charge in [-0.2, -0.15) is 5.10 Å². The number of anilines is 1. The van der Waals surface area contributed by atoms with Gasteiger partial charge in [-0.1, -0.05) is 29.3 Å². The van der Waals surface area contributed by atoms with Crippen LogP contribution >= 0.6 is 23.2 Å². The zero-order valence-electron chi connectivity index (χ0n) is 11.9. The summed E-state index contributed by atoms with van der Waals surface area (Å²) < 4.78 is 5.38. The van der Waals surface area contributed by atoms with E-state index in [0.29, 0.717) is 22.4 Å². The fraction of sp³-hybridized carbons (Fsp3) is 0.188. The third-order valence-electron chi connectivity index (χ3n) is 2.83. The molecule has 21 heavy (non-hydrogen) atoms. The predicted molar refractivity (Wildman–Crippen MR) is 90.0 cm³/mol. The molecule has 0 aromatic heterocycles. The summed E-state index contributed by atoms with van der Waals surface area (Å²) in [6.07, 6.45) is 1.69. The Morgan fingerprint density at radius 2 is 1.95 bits per heavy atom. The molecule has 2 aromatic rings. The molecule has 0 aliphatic heterocycles. The Bertz CT molecular complexity index is 657. The van der Waals surface area contributed by atoms with Crippen molar-refractivity contribution in [1.82, 2.24) is 0 Å². The summed E-state index contributed by atoms with van der Waals surface area (Å²) in [7, 11) is 0. The number of nitrogens with zero attached hydrogens (tertiary/aromatic N) is 1. The smallest absolute Gasteiger partial charge is 0.137 e. The Morgan fingerprint density at radius 1 is 1.14 bits per heavy atom. The van der Waals surface area contributed by atoms with Crippen molar-refractivity contribution < 1.29 is 4.74 Å². The molecule has 2 rings (SSSR count). The van der Waals surface area contributed by atoms with Crippen LogP contribution in [0.25, 0.3) is 0 Å². The Hall–Kier alpha value is -1.71. The lowest BCUT2D eigenvalue weighted by molar-refractivity contribution is 0.340. The summed E-state index contributed by atoms with van der Waals surface area (Å²) in [5.41, 5.74) is 5.68. The lowest BCUT2D eigenvalue weighted by Gasteiger charge is -2.06. The largest absolute Gasteiger partial charge is 0.492 e. The summed E-state index contributed by atoms with van der Waals surface area (Å²) in [4.78, 5) is 0. The average Bonchev–Trinajstić information content (AvgIpc) is 2.46. The quantitative estimate of drug-likeness (QED) is 0.610. The molecule has 2 aromatic carbocycles. The van der Waals surface area contributed by atoms with Crippen molar-refractivity contribution in [2.45, 2.75) is 13.8 Å². The van der Waals surface area contributed by atoms with Crippen LogP contribution in [-0.2, 0) is 0 Å². The first-order valence-corrected chi connectivity index (χ1v) is 7.33. The number of benzene rings is 2. The Kier molecular flexibility index (Phi) is 5.48. The summed E-state index contributed by atoms with van der Waals surface area (Å²) >= 11 is 12.2. The number of ether oxygens (including phenoxy) is 1. The molecule has 1 N–H and O–H groups in total. The van der Waals surface area contributed by atoms with E-state index in [4.69, 9.17) is 27.9 Å². The average molecular weight is 323 g/mol. The minimum atomic E-state index is 0.569. The van der Waals surface area contributed by atoms with E-state index in [1.807, 2.05) is 44.2 Å². The highest BCUT2D eigenvalue weighted by Crippen LogP contribution is 2.25. The lowest BCUT2D eigenvalue weighted by Crippen LogP contribution is -1.94. The van der Waals surface area contributed by atoms with E-state index < -0.39 is 0 Å². The van der Waals surface area contributed by atoms with Crippen LogP contribution in [-0.4, -0.2) is 12.8 Å². The van der Waals surface area contributed by atoms with Crippen LogP contribution in [0.5, 0.6) is 5.75 Å². The van der Waals surface area contributed by atoms with Crippen LogP contribution < -0.4 is 10.2 Å². The first-order valence-electron chi connectivity index (χ1n) is 6.57. The van der Waals surface area contributed by atoms with E-state index in [-0.39, 0.29) is 0 Å². The van der Waals surface area contributed by atoms with Gasteiger partial charge in [0.2, 0.25) is 0 Å². The topological polar surface area (TPSA) is 33.6 Å². The first kappa shape index (κ1) is 15.7. The van der Waals surface area contributed by atoms with Gasteiger partial charge in [-0.3, -0.25) is 5.43 Å². The normalized spacial score (nSPS) is 10.9. The van der Waals surface area contributed by atoms with Gasteiger partial charge in [0.1, 0.15) is 5.75 Å². The third kappa shape index (κ3) is 4.38. The molecule has 5 heteroatoms. The van der Waals surface area contributed by atoms with E-state index in [0.717, 1.165) is 16.8 Å². The first-order chi connectivity index (χ1) is 10.1. The van der Waals surface area contributed by atoms with Crippen molar-refractivity contribution in [2.24, 2.45) is 5.10 Å². The molecule has 0 bridgehead atoms. The number of rotatable bonds is 5. The van der Waals surface area contributed by atoms with Crippen molar-refractivity contribution in [3.63, 3.8) is 0 Å². The third-order valence-corrected chi connectivity index (χ3v) is 3.54. The summed E-state index contributed by atoms with van der Waals surface area (Å²) in [5.74, 6) is 0.676. The second kappa shape index (κ2) is 7.34. The summed E-state index contributed by atoms with van der Waals surface area (Å²) in [5, 5.41) is 5.44. The molecule has 0 unspecified atom stereocenters. The number of aryl methyl sites for hydroxylation is 1. The maximum absolute atomic E-state index is 6.12. The molecule has 0 saturated heterocycles. The highest BCUT2D eigenvalue weighted by molar-refractivity contribution is 6.32. The van der Waals surface area contributed by atoms with Crippen LogP contribution in [0.15, 0.2) is 41.5 Å². The number of hydrogen-bond donors (Lipinski definition) is 1. The monoisotopic (exact) mass is 322 g/mol.